The van der Waals surface area contributed by atoms with Crippen LogP contribution < -0.4 is 10.6 Å². The Morgan fingerprint density at radius 3 is 0.777 bits per heavy atom. The molecule has 0 aromatic rings. The van der Waals surface area contributed by atoms with Crippen molar-refractivity contribution in [2.24, 2.45) is 0 Å². The van der Waals surface area contributed by atoms with Crippen molar-refractivity contribution in [2.45, 2.75) is 387 Å². The van der Waals surface area contributed by atoms with Crippen LogP contribution in [0.25, 0.3) is 0 Å². The molecule has 6 N–H and O–H groups in total. The van der Waals surface area contributed by atoms with Crippen LogP contribution in [0.5, 0.6) is 0 Å². The van der Waals surface area contributed by atoms with Crippen LogP contribution in [-0.2, 0) is 47.7 Å². The van der Waals surface area contributed by atoms with Gasteiger partial charge in [-0.25, -0.2) is 0 Å². The lowest BCUT2D eigenvalue weighted by Crippen LogP contribution is -2.62. The summed E-state index contributed by atoms with van der Waals surface area (Å²) < 4.78 is 21.3. The fraction of sp³-hybridized carbons (Fsp3) is 0.921. The van der Waals surface area contributed by atoms with Crippen LogP contribution in [0.2, 0.25) is 0 Å². The second-order valence-electron chi connectivity index (χ2n) is 26.2. The van der Waals surface area contributed by atoms with Crippen LogP contribution in [-0.4, -0.2) is 168 Å². The highest BCUT2D eigenvalue weighted by Crippen LogP contribution is 2.18. The van der Waals surface area contributed by atoms with Crippen LogP contribution in [0.3, 0.4) is 0 Å². The molecule has 2 amide bonds. The number of carbonyl (C=O) groups excluding carboxylic acids is 6. The van der Waals surface area contributed by atoms with Gasteiger partial charge in [-0.2, -0.15) is 0 Å². The molecular weight excluding hydrogens is 1190 g/mol. The molecule has 1 heterocycles. The SMILES string of the molecule is CC.CC.CCCCCCCCCCC(O)CN(CCCCOC(=O)CCC(=O)OCC[C@H]1NC(=O)[C@@H](CCOC(=O)CCC(=O)OCCCCN(CC(O)CCCCCCCCCC)CC(O)CCCCCCCCCC)NC1=O)CC(O)CCCCCCCCCC. The van der Waals surface area contributed by atoms with Crippen LogP contribution >= 0.6 is 0 Å². The van der Waals surface area contributed by atoms with E-state index in [4.69, 9.17) is 18.9 Å². The van der Waals surface area contributed by atoms with Gasteiger partial charge in [-0.15, -0.1) is 0 Å². The zero-order valence-electron chi connectivity index (χ0n) is 61.8. The zero-order chi connectivity index (χ0) is 69.9. The number of rotatable bonds is 66. The quantitative estimate of drug-likeness (QED) is 0.0188. The van der Waals surface area contributed by atoms with Crippen molar-refractivity contribution in [1.82, 2.24) is 20.4 Å². The van der Waals surface area contributed by atoms with Gasteiger partial charge in [-0.1, -0.05) is 261 Å². The molecule has 556 valence electrons. The molecule has 0 aliphatic carbocycles. The van der Waals surface area contributed by atoms with E-state index in [1.807, 2.05) is 27.7 Å². The highest BCUT2D eigenvalue weighted by atomic mass is 16.5. The van der Waals surface area contributed by atoms with Gasteiger partial charge in [0.05, 0.1) is 76.5 Å². The van der Waals surface area contributed by atoms with Crippen molar-refractivity contribution < 1.29 is 68.1 Å². The maximum Gasteiger partial charge on any atom is 0.306 e. The first-order chi connectivity index (χ1) is 45.7. The Kier molecular flexibility index (Phi) is 68.5. The molecule has 6 atom stereocenters. The Morgan fingerprint density at radius 2 is 0.543 bits per heavy atom. The molecule has 18 nitrogen and oxygen atoms in total. The van der Waals surface area contributed by atoms with E-state index >= 15 is 0 Å². The lowest BCUT2D eigenvalue weighted by Gasteiger charge is -2.29. The standard InChI is InChI=1S/C72H136N4O14.2C2H6/c1-5-9-13-17-21-25-29-33-41-61(77)57-75(58-62(78)42-34-30-26-22-18-14-10-6-2)51-37-39-53-87-67(81)45-47-69(83)89-55-49-65-71(85)74-66(72(86)73-65)50-56-90-70(84)48-46-68(82)88-54-40-38-52-76(59-63(79)43-35-31-27-23-19-15-11-7-3)60-64(80)44-36-32-28-24-20-16-12-8-4;2*1-2/h61-66,77-80H,5-60H2,1-4H3,(H,73,86)(H,74,85);2*1-2H3/t61?,62?,63?,64?,65-,66-;;/m1../s1. The first-order valence-electron chi connectivity index (χ1n) is 39.1. The van der Waals surface area contributed by atoms with Gasteiger partial charge in [0.25, 0.3) is 0 Å². The third-order valence-electron chi connectivity index (χ3n) is 17.4. The minimum atomic E-state index is -0.948. The number of amides is 2. The number of nitrogens with zero attached hydrogens (tertiary/aromatic N) is 2. The summed E-state index contributed by atoms with van der Waals surface area (Å²) >= 11 is 0. The lowest BCUT2D eigenvalue weighted by atomic mass is 10.0. The number of hydrogen-bond acceptors (Lipinski definition) is 16. The Bertz CT molecular complexity index is 1570. The van der Waals surface area contributed by atoms with Crippen LogP contribution in [0.15, 0.2) is 0 Å². The van der Waals surface area contributed by atoms with Crippen LogP contribution in [0.1, 0.15) is 351 Å². The van der Waals surface area contributed by atoms with Gasteiger partial charge in [0, 0.05) is 39.0 Å². The Labute approximate surface area is 574 Å². The van der Waals surface area contributed by atoms with E-state index in [1.165, 1.54) is 154 Å². The van der Waals surface area contributed by atoms with Gasteiger partial charge in [-0.05, 0) is 64.5 Å². The molecule has 0 bridgehead atoms. The number of carbonyl (C=O) groups is 6. The molecule has 0 radical (unpaired) electrons. The molecule has 0 spiro atoms. The summed E-state index contributed by atoms with van der Waals surface area (Å²) in [6, 6.07) is -1.90. The number of nitrogens with one attached hydrogen (secondary N) is 2. The number of aliphatic hydroxyl groups is 4. The fourth-order valence-electron chi connectivity index (χ4n) is 11.7. The zero-order valence-corrected chi connectivity index (χ0v) is 61.8. The fourth-order valence-corrected chi connectivity index (χ4v) is 11.7. The maximum atomic E-state index is 12.8. The summed E-state index contributed by atoms with van der Waals surface area (Å²) in [5, 5.41) is 49.0. The molecule has 1 fully saturated rings. The Morgan fingerprint density at radius 1 is 0.330 bits per heavy atom. The van der Waals surface area contributed by atoms with Gasteiger partial charge in [0.15, 0.2) is 0 Å². The molecule has 1 aliphatic rings. The van der Waals surface area contributed by atoms with Gasteiger partial charge in [0.1, 0.15) is 12.1 Å². The summed E-state index contributed by atoms with van der Waals surface area (Å²) in [4.78, 5) is 79.9. The minimum absolute atomic E-state index is 0.0145. The normalized spacial score (nSPS) is 15.0. The lowest BCUT2D eigenvalue weighted by molar-refractivity contribution is -0.151. The summed E-state index contributed by atoms with van der Waals surface area (Å²) in [6.07, 6.45) is 41.6. The molecular formula is C76H148N4O14. The molecule has 1 rings (SSSR count). The van der Waals surface area contributed by atoms with Crippen molar-refractivity contribution >= 4 is 35.7 Å². The van der Waals surface area contributed by atoms with Gasteiger partial charge >= 0.3 is 23.9 Å². The number of piperazine rings is 1. The highest BCUT2D eigenvalue weighted by Gasteiger charge is 2.34. The third-order valence-corrected chi connectivity index (χ3v) is 17.4. The first kappa shape index (κ1) is 92.6. The predicted octanol–water partition coefficient (Wildman–Crippen LogP) is 15.3. The number of unbranched alkanes of at least 4 members (excludes halogenated alkanes) is 30. The minimum Gasteiger partial charge on any atom is -0.466 e. The van der Waals surface area contributed by atoms with E-state index in [2.05, 4.69) is 48.1 Å². The second-order valence-corrected chi connectivity index (χ2v) is 26.2. The molecule has 0 saturated carbocycles. The molecule has 1 saturated heterocycles. The topological polar surface area (TPSA) is 251 Å². The van der Waals surface area contributed by atoms with Crippen molar-refractivity contribution in [2.75, 3.05) is 65.7 Å². The summed E-state index contributed by atoms with van der Waals surface area (Å²) in [5.41, 5.74) is 0. The molecule has 18 heteroatoms. The predicted molar refractivity (Wildman–Crippen MR) is 382 cm³/mol. The van der Waals surface area contributed by atoms with Gasteiger partial charge in [-0.3, -0.25) is 38.6 Å². The number of esters is 4. The van der Waals surface area contributed by atoms with Crippen LogP contribution in [0.4, 0.5) is 0 Å². The van der Waals surface area contributed by atoms with Crippen molar-refractivity contribution in [3.05, 3.63) is 0 Å². The molecule has 4 unspecified atom stereocenters. The van der Waals surface area contributed by atoms with E-state index in [-0.39, 0.29) is 65.0 Å². The first-order valence-corrected chi connectivity index (χ1v) is 39.1. The molecule has 0 aromatic heterocycles. The summed E-state index contributed by atoms with van der Waals surface area (Å²) in [6.45, 7) is 20.3. The van der Waals surface area contributed by atoms with Crippen LogP contribution in [0, 0.1) is 0 Å². The molecule has 94 heavy (non-hydrogen) atoms. The van der Waals surface area contributed by atoms with E-state index in [0.717, 1.165) is 77.0 Å². The Balaban J connectivity index is 0. The van der Waals surface area contributed by atoms with Crippen molar-refractivity contribution in [1.29, 1.82) is 0 Å². The van der Waals surface area contributed by atoms with Crippen molar-refractivity contribution in [3.8, 4) is 0 Å². The molecule has 1 aliphatic heterocycles. The molecule has 0 aromatic carbocycles. The number of ether oxygens (including phenoxy) is 4. The maximum absolute atomic E-state index is 12.8. The van der Waals surface area contributed by atoms with E-state index in [9.17, 15) is 49.2 Å². The largest absolute Gasteiger partial charge is 0.466 e. The highest BCUT2D eigenvalue weighted by molar-refractivity contribution is 5.96. The van der Waals surface area contributed by atoms with E-state index in [0.29, 0.717) is 65.0 Å². The second kappa shape index (κ2) is 69.5. The average molecular weight is 1340 g/mol. The number of aliphatic hydroxyl groups excluding tert-OH is 4. The van der Waals surface area contributed by atoms with E-state index < -0.39 is 72.2 Å². The van der Waals surface area contributed by atoms with Gasteiger partial charge < -0.3 is 50.0 Å². The Hall–Kier alpha value is -3.42. The number of hydrogen-bond donors (Lipinski definition) is 6. The average Bonchev–Trinajstić information content (AvgIpc) is 0.921. The third kappa shape index (κ3) is 59.8. The summed E-state index contributed by atoms with van der Waals surface area (Å²) in [5.74, 6) is -3.30. The van der Waals surface area contributed by atoms with Gasteiger partial charge in [0.2, 0.25) is 11.8 Å². The van der Waals surface area contributed by atoms with Crippen molar-refractivity contribution in [3.63, 3.8) is 0 Å². The smallest absolute Gasteiger partial charge is 0.306 e. The monoisotopic (exact) mass is 1340 g/mol. The summed E-state index contributed by atoms with van der Waals surface area (Å²) in [7, 11) is 0. The van der Waals surface area contributed by atoms with E-state index in [1.54, 1.807) is 0 Å².